The van der Waals surface area contributed by atoms with Gasteiger partial charge >= 0.3 is 5.97 Å². The second-order valence-electron chi connectivity index (χ2n) is 5.90. The molecule has 0 fully saturated rings. The van der Waals surface area contributed by atoms with Gasteiger partial charge in [0.1, 0.15) is 22.9 Å². The smallest absolute Gasteiger partial charge is 0.355 e. The number of nitro benzene ring substituents is 1. The van der Waals surface area contributed by atoms with Crippen molar-refractivity contribution in [2.24, 2.45) is 0 Å². The van der Waals surface area contributed by atoms with Crippen LogP contribution in [0.4, 0.5) is 11.4 Å². The van der Waals surface area contributed by atoms with Crippen molar-refractivity contribution < 1.29 is 28.7 Å². The summed E-state index contributed by atoms with van der Waals surface area (Å²) in [5.41, 5.74) is 0.467. The Hall–Kier alpha value is -4.08. The van der Waals surface area contributed by atoms with Gasteiger partial charge in [-0.15, -0.1) is 0 Å². The molecular formula is C19H17N3O7. The summed E-state index contributed by atoms with van der Waals surface area (Å²) in [7, 11) is 2.90. The number of hydrogen-bond donors (Lipinski definition) is 2. The number of anilines is 1. The Kier molecular flexibility index (Phi) is 5.63. The predicted octanol–water partition coefficient (Wildman–Crippen LogP) is 2.89. The molecule has 0 atom stereocenters. The third-order valence-electron chi connectivity index (χ3n) is 4.06. The Labute approximate surface area is 164 Å². The maximum absolute atomic E-state index is 12.2. The van der Waals surface area contributed by atoms with Gasteiger partial charge in [0.05, 0.1) is 25.2 Å². The number of nitro groups is 1. The minimum Gasteiger partial charge on any atom is -0.497 e. The quantitative estimate of drug-likeness (QED) is 0.354. The number of aromatic amines is 1. The monoisotopic (exact) mass is 399 g/mol. The molecule has 1 amide bonds. The Balaban J connectivity index is 1.65. The molecule has 0 saturated carbocycles. The molecule has 10 heteroatoms. The first-order chi connectivity index (χ1) is 13.9. The van der Waals surface area contributed by atoms with E-state index < -0.39 is 23.4 Å². The van der Waals surface area contributed by atoms with E-state index >= 15 is 0 Å². The van der Waals surface area contributed by atoms with E-state index in [2.05, 4.69) is 10.3 Å². The zero-order valence-electron chi connectivity index (χ0n) is 15.6. The van der Waals surface area contributed by atoms with Gasteiger partial charge in [-0.25, -0.2) is 4.79 Å². The minimum atomic E-state index is -0.737. The van der Waals surface area contributed by atoms with Crippen LogP contribution in [0.1, 0.15) is 10.5 Å². The third-order valence-corrected chi connectivity index (χ3v) is 4.06. The van der Waals surface area contributed by atoms with E-state index in [-0.39, 0.29) is 22.8 Å². The van der Waals surface area contributed by atoms with Crippen molar-refractivity contribution >= 4 is 34.2 Å². The van der Waals surface area contributed by atoms with Gasteiger partial charge in [-0.05, 0) is 30.3 Å². The molecule has 0 unspecified atom stereocenters. The fourth-order valence-electron chi connectivity index (χ4n) is 2.63. The molecule has 0 saturated heterocycles. The highest BCUT2D eigenvalue weighted by molar-refractivity contribution is 5.98. The van der Waals surface area contributed by atoms with E-state index in [1.54, 1.807) is 24.3 Å². The van der Waals surface area contributed by atoms with Crippen LogP contribution in [0.15, 0.2) is 42.5 Å². The maximum Gasteiger partial charge on any atom is 0.355 e. The van der Waals surface area contributed by atoms with Gasteiger partial charge in [0.25, 0.3) is 11.6 Å². The van der Waals surface area contributed by atoms with Gasteiger partial charge in [0.15, 0.2) is 6.61 Å². The number of benzene rings is 2. The number of aromatic nitrogens is 1. The van der Waals surface area contributed by atoms with E-state index in [1.807, 2.05) is 0 Å². The van der Waals surface area contributed by atoms with Crippen molar-refractivity contribution in [3.63, 3.8) is 0 Å². The molecular weight excluding hydrogens is 382 g/mol. The highest BCUT2D eigenvalue weighted by Gasteiger charge is 2.19. The number of nitrogens with zero attached hydrogens (tertiary/aromatic N) is 1. The second-order valence-corrected chi connectivity index (χ2v) is 5.90. The lowest BCUT2D eigenvalue weighted by molar-refractivity contribution is -0.384. The number of fused-ring (bicyclic) bond motifs is 1. The third kappa shape index (κ3) is 4.43. The number of methoxy groups -OCH3 is 2. The summed E-state index contributed by atoms with van der Waals surface area (Å²) in [6.45, 7) is -0.610. The van der Waals surface area contributed by atoms with Crippen molar-refractivity contribution in [1.82, 2.24) is 4.98 Å². The molecule has 0 aliphatic heterocycles. The van der Waals surface area contributed by atoms with E-state index in [0.29, 0.717) is 11.3 Å². The molecule has 3 rings (SSSR count). The number of carbonyl (C=O) groups is 2. The fourth-order valence-corrected chi connectivity index (χ4v) is 2.63. The summed E-state index contributed by atoms with van der Waals surface area (Å²) < 4.78 is 15.0. The first-order valence-electron chi connectivity index (χ1n) is 8.37. The summed E-state index contributed by atoms with van der Waals surface area (Å²) >= 11 is 0. The molecule has 150 valence electrons. The molecule has 0 aliphatic rings. The molecule has 0 spiro atoms. The molecule has 29 heavy (non-hydrogen) atoms. The number of ether oxygens (including phenoxy) is 3. The lowest BCUT2D eigenvalue weighted by Gasteiger charge is -2.08. The Morgan fingerprint density at radius 2 is 1.76 bits per heavy atom. The van der Waals surface area contributed by atoms with Crippen molar-refractivity contribution in [1.29, 1.82) is 0 Å². The van der Waals surface area contributed by atoms with Gasteiger partial charge in [-0.3, -0.25) is 14.9 Å². The van der Waals surface area contributed by atoms with Gasteiger partial charge in [-0.1, -0.05) is 0 Å². The lowest BCUT2D eigenvalue weighted by atomic mass is 10.2. The lowest BCUT2D eigenvalue weighted by Crippen LogP contribution is -2.21. The van der Waals surface area contributed by atoms with Crippen molar-refractivity contribution in [2.45, 2.75) is 0 Å². The normalized spacial score (nSPS) is 10.4. The molecule has 10 nitrogen and oxygen atoms in total. The van der Waals surface area contributed by atoms with Crippen LogP contribution in [0.5, 0.6) is 11.5 Å². The Bertz CT molecular complexity index is 1090. The molecule has 3 aromatic rings. The van der Waals surface area contributed by atoms with Crippen LogP contribution in [-0.4, -0.2) is 42.6 Å². The number of nitrogens with one attached hydrogen (secondary N) is 2. The zero-order chi connectivity index (χ0) is 21.0. The number of carbonyl (C=O) groups excluding carboxylic acids is 2. The Morgan fingerprint density at radius 1 is 1.07 bits per heavy atom. The molecule has 1 heterocycles. The number of esters is 1. The van der Waals surface area contributed by atoms with Gasteiger partial charge in [0, 0.05) is 17.0 Å². The van der Waals surface area contributed by atoms with E-state index in [4.69, 9.17) is 14.2 Å². The van der Waals surface area contributed by atoms with Crippen molar-refractivity contribution in [3.05, 3.63) is 58.3 Å². The van der Waals surface area contributed by atoms with Gasteiger partial charge < -0.3 is 24.5 Å². The number of hydrogen-bond acceptors (Lipinski definition) is 7. The standard InChI is InChI=1S/C19H17N3O7/c1-27-12-4-3-11-7-16(20-15(11)8-12)19(24)29-10-18(23)21-14-6-5-13(28-2)9-17(14)22(25)26/h3-9,20H,10H2,1-2H3,(H,21,23). The van der Waals surface area contributed by atoms with Crippen LogP contribution in [0.2, 0.25) is 0 Å². The van der Waals surface area contributed by atoms with Crippen molar-refractivity contribution in [2.75, 3.05) is 26.1 Å². The SMILES string of the molecule is COc1ccc(NC(=O)COC(=O)c2cc3ccc(OC)cc3[nH]2)c([N+](=O)[O-])c1. The predicted molar refractivity (Wildman–Crippen MR) is 103 cm³/mol. The summed E-state index contributed by atoms with van der Waals surface area (Å²) in [6, 6.07) is 10.8. The highest BCUT2D eigenvalue weighted by Crippen LogP contribution is 2.29. The fraction of sp³-hybridized carbons (Fsp3) is 0.158. The maximum atomic E-state index is 12.2. The number of H-pyrrole nitrogens is 1. The first kappa shape index (κ1) is 19.7. The van der Waals surface area contributed by atoms with E-state index in [9.17, 15) is 19.7 Å². The molecule has 1 aromatic heterocycles. The average molecular weight is 399 g/mol. The summed E-state index contributed by atoms with van der Waals surface area (Å²) in [5, 5.41) is 14.3. The summed E-state index contributed by atoms with van der Waals surface area (Å²) in [4.78, 5) is 37.7. The largest absolute Gasteiger partial charge is 0.497 e. The van der Waals surface area contributed by atoms with Crippen LogP contribution in [0.3, 0.4) is 0 Å². The highest BCUT2D eigenvalue weighted by atomic mass is 16.6. The molecule has 0 bridgehead atoms. The number of amides is 1. The minimum absolute atomic E-state index is 0.0328. The van der Waals surface area contributed by atoms with E-state index in [0.717, 1.165) is 5.39 Å². The Morgan fingerprint density at radius 3 is 2.45 bits per heavy atom. The van der Waals surface area contributed by atoms with Crippen LogP contribution in [0, 0.1) is 10.1 Å². The number of rotatable bonds is 7. The molecule has 0 aliphatic carbocycles. The van der Waals surface area contributed by atoms with Crippen LogP contribution in [0.25, 0.3) is 10.9 Å². The second kappa shape index (κ2) is 8.30. The zero-order valence-corrected chi connectivity index (χ0v) is 15.6. The van der Waals surface area contributed by atoms with Crippen molar-refractivity contribution in [3.8, 4) is 11.5 Å². The first-order valence-corrected chi connectivity index (χ1v) is 8.37. The van der Waals surface area contributed by atoms with E-state index in [1.165, 1.54) is 32.4 Å². The topological polar surface area (TPSA) is 133 Å². The molecule has 2 N–H and O–H groups in total. The summed E-state index contributed by atoms with van der Waals surface area (Å²) in [5.74, 6) is -0.555. The van der Waals surface area contributed by atoms with Crippen LogP contribution < -0.4 is 14.8 Å². The average Bonchev–Trinajstić information content (AvgIpc) is 3.15. The van der Waals surface area contributed by atoms with Gasteiger partial charge in [-0.2, -0.15) is 0 Å². The van der Waals surface area contributed by atoms with Gasteiger partial charge in [0.2, 0.25) is 0 Å². The summed E-state index contributed by atoms with van der Waals surface area (Å²) in [6.07, 6.45) is 0. The van der Waals surface area contributed by atoms with Crippen LogP contribution in [-0.2, 0) is 9.53 Å². The molecule has 0 radical (unpaired) electrons. The van der Waals surface area contributed by atoms with Crippen LogP contribution >= 0.6 is 0 Å². The molecule has 2 aromatic carbocycles.